The molecule has 2 heterocycles. The van der Waals surface area contributed by atoms with Gasteiger partial charge in [0, 0.05) is 44.7 Å². The number of alkyl halides is 2. The molecule has 2 aromatic rings. The molecule has 1 saturated carbocycles. The minimum absolute atomic E-state index is 0.147. The van der Waals surface area contributed by atoms with Crippen molar-refractivity contribution < 1.29 is 23.4 Å². The molecule has 1 aliphatic rings. The number of ketones is 1. The largest absolute Gasteiger partial charge is 0.389 e. The minimum atomic E-state index is -2.98. The Morgan fingerprint density at radius 2 is 2.18 bits per heavy atom. The quantitative estimate of drug-likeness (QED) is 0.525. The SMILES string of the molecule is COCCc1cc(C(=O)C(=N)CC2(O)CCCC(F)(F)C2)c2c(Cl)cccn12. The molecule has 1 atom stereocenters. The number of nitrogens with one attached hydrogen (secondary N) is 1. The smallest absolute Gasteiger partial charge is 0.250 e. The molecule has 0 aromatic carbocycles. The van der Waals surface area contributed by atoms with Crippen LogP contribution in [0.3, 0.4) is 0 Å². The van der Waals surface area contributed by atoms with E-state index in [0.717, 1.165) is 5.69 Å². The molecule has 0 saturated heterocycles. The Balaban J connectivity index is 1.89. The van der Waals surface area contributed by atoms with E-state index >= 15 is 0 Å². The van der Waals surface area contributed by atoms with Crippen molar-refractivity contribution in [1.29, 1.82) is 5.41 Å². The summed E-state index contributed by atoms with van der Waals surface area (Å²) >= 11 is 6.29. The van der Waals surface area contributed by atoms with E-state index in [0.29, 0.717) is 23.6 Å². The fraction of sp³-hybridized carbons (Fsp3) is 0.500. The molecule has 3 rings (SSSR count). The number of fused-ring (bicyclic) bond motifs is 1. The van der Waals surface area contributed by atoms with Crippen LogP contribution >= 0.6 is 11.6 Å². The van der Waals surface area contributed by atoms with Crippen molar-refractivity contribution in [3.63, 3.8) is 0 Å². The van der Waals surface area contributed by atoms with Crippen molar-refractivity contribution in [3.05, 3.63) is 40.7 Å². The van der Waals surface area contributed by atoms with Crippen LogP contribution in [-0.2, 0) is 11.2 Å². The number of methoxy groups -OCH3 is 1. The Morgan fingerprint density at radius 1 is 1.43 bits per heavy atom. The third kappa shape index (κ3) is 4.26. The number of ether oxygens (including phenoxy) is 1. The predicted molar refractivity (Wildman–Crippen MR) is 103 cm³/mol. The molecule has 28 heavy (non-hydrogen) atoms. The number of hydrogen-bond acceptors (Lipinski definition) is 4. The number of aromatic nitrogens is 1. The molecule has 0 spiro atoms. The molecule has 1 fully saturated rings. The number of Topliss-reactive ketones (excluding diaryl/α,β-unsaturated/α-hetero) is 1. The van der Waals surface area contributed by atoms with Crippen LogP contribution < -0.4 is 0 Å². The fourth-order valence-electron chi connectivity index (χ4n) is 3.91. The first-order valence-electron chi connectivity index (χ1n) is 9.15. The second-order valence-electron chi connectivity index (χ2n) is 7.46. The molecule has 5 nitrogen and oxygen atoms in total. The number of pyridine rings is 1. The van der Waals surface area contributed by atoms with Gasteiger partial charge in [-0.25, -0.2) is 8.78 Å². The molecule has 0 amide bonds. The van der Waals surface area contributed by atoms with Crippen molar-refractivity contribution in [1.82, 2.24) is 4.40 Å². The van der Waals surface area contributed by atoms with E-state index in [1.807, 2.05) is 0 Å². The summed E-state index contributed by atoms with van der Waals surface area (Å²) in [6, 6.07) is 5.04. The van der Waals surface area contributed by atoms with Crippen molar-refractivity contribution >= 4 is 28.6 Å². The maximum Gasteiger partial charge on any atom is 0.250 e. The summed E-state index contributed by atoms with van der Waals surface area (Å²) in [6.45, 7) is 0.443. The highest BCUT2D eigenvalue weighted by Crippen LogP contribution is 2.41. The summed E-state index contributed by atoms with van der Waals surface area (Å²) < 4.78 is 34.3. The van der Waals surface area contributed by atoms with E-state index in [1.54, 1.807) is 35.9 Å². The highest BCUT2D eigenvalue weighted by Gasteiger charge is 2.45. The van der Waals surface area contributed by atoms with Crippen molar-refractivity contribution in [2.24, 2.45) is 0 Å². The van der Waals surface area contributed by atoms with Gasteiger partial charge in [-0.15, -0.1) is 0 Å². The molecule has 2 N–H and O–H groups in total. The van der Waals surface area contributed by atoms with E-state index in [4.69, 9.17) is 21.7 Å². The lowest BCUT2D eigenvalue weighted by Crippen LogP contribution is -2.43. The van der Waals surface area contributed by atoms with Gasteiger partial charge >= 0.3 is 0 Å². The van der Waals surface area contributed by atoms with E-state index in [2.05, 4.69) is 0 Å². The molecule has 2 aromatic heterocycles. The van der Waals surface area contributed by atoms with Crippen LogP contribution in [0.5, 0.6) is 0 Å². The molecule has 8 heteroatoms. The number of nitrogens with zero attached hydrogens (tertiary/aromatic N) is 1. The molecule has 0 bridgehead atoms. The first-order chi connectivity index (χ1) is 13.2. The molecule has 0 aliphatic heterocycles. The van der Waals surface area contributed by atoms with Gasteiger partial charge in [-0.05, 0) is 31.0 Å². The van der Waals surface area contributed by atoms with Crippen molar-refractivity contribution in [2.75, 3.05) is 13.7 Å². The highest BCUT2D eigenvalue weighted by atomic mass is 35.5. The van der Waals surface area contributed by atoms with Gasteiger partial charge in [-0.3, -0.25) is 4.79 Å². The van der Waals surface area contributed by atoms with Gasteiger partial charge in [0.15, 0.2) is 0 Å². The monoisotopic (exact) mass is 412 g/mol. The maximum absolute atomic E-state index is 13.7. The molecular formula is C20H23ClF2N2O3. The Morgan fingerprint density at radius 3 is 2.86 bits per heavy atom. The second kappa shape index (κ2) is 7.89. The maximum atomic E-state index is 13.7. The third-order valence-corrected chi connectivity index (χ3v) is 5.48. The molecule has 1 unspecified atom stereocenters. The summed E-state index contributed by atoms with van der Waals surface area (Å²) in [7, 11) is 1.57. The lowest BCUT2D eigenvalue weighted by Gasteiger charge is -2.36. The number of rotatable bonds is 7. The standard InChI is InChI=1S/C20H23ClF2N2O3/c1-28-9-5-13-10-14(17-15(21)4-2-8-25(13)17)18(26)16(24)11-19(27)6-3-7-20(22,23)12-19/h2,4,8,10,24,27H,3,5-7,9,11-12H2,1H3. The van der Waals surface area contributed by atoms with Crippen LogP contribution in [0.1, 0.15) is 48.2 Å². The lowest BCUT2D eigenvalue weighted by molar-refractivity contribution is -0.120. The summed E-state index contributed by atoms with van der Waals surface area (Å²) in [6.07, 6.45) is 1.19. The molecular weight excluding hydrogens is 390 g/mol. The number of carbonyl (C=O) groups excluding carboxylic acids is 1. The zero-order chi connectivity index (χ0) is 20.5. The zero-order valence-corrected chi connectivity index (χ0v) is 16.4. The summed E-state index contributed by atoms with van der Waals surface area (Å²) in [5, 5.41) is 19.1. The fourth-order valence-corrected chi connectivity index (χ4v) is 4.18. The van der Waals surface area contributed by atoms with Crippen LogP contribution in [0.25, 0.3) is 5.52 Å². The first-order valence-corrected chi connectivity index (χ1v) is 9.53. The molecule has 1 aliphatic carbocycles. The highest BCUT2D eigenvalue weighted by molar-refractivity contribution is 6.47. The Bertz CT molecular complexity index is 912. The van der Waals surface area contributed by atoms with Gasteiger partial charge < -0.3 is 19.7 Å². The average Bonchev–Trinajstić information content (AvgIpc) is 2.97. The van der Waals surface area contributed by atoms with Crippen LogP contribution in [0, 0.1) is 5.41 Å². The van der Waals surface area contributed by atoms with Gasteiger partial charge in [-0.2, -0.15) is 0 Å². The van der Waals surface area contributed by atoms with Gasteiger partial charge in [0.1, 0.15) is 0 Å². The average molecular weight is 413 g/mol. The van der Waals surface area contributed by atoms with Crippen LogP contribution in [0.2, 0.25) is 5.02 Å². The predicted octanol–water partition coefficient (Wildman–Crippen LogP) is 4.31. The zero-order valence-electron chi connectivity index (χ0n) is 15.6. The van der Waals surface area contributed by atoms with Gasteiger partial charge in [0.2, 0.25) is 5.78 Å². The number of halogens is 3. The number of hydrogen-bond donors (Lipinski definition) is 2. The van der Waals surface area contributed by atoms with E-state index in [1.165, 1.54) is 0 Å². The number of carbonyl (C=O) groups is 1. The normalized spacial score (nSPS) is 21.8. The first kappa shape index (κ1) is 20.9. The Labute approximate surface area is 166 Å². The topological polar surface area (TPSA) is 74.8 Å². The van der Waals surface area contributed by atoms with Gasteiger partial charge in [-0.1, -0.05) is 11.6 Å². The Hall–Kier alpha value is -1.83. The summed E-state index contributed by atoms with van der Waals surface area (Å²) in [4.78, 5) is 12.9. The minimum Gasteiger partial charge on any atom is -0.389 e. The van der Waals surface area contributed by atoms with Crippen molar-refractivity contribution in [3.8, 4) is 0 Å². The van der Waals surface area contributed by atoms with Gasteiger partial charge in [0.25, 0.3) is 5.92 Å². The van der Waals surface area contributed by atoms with Crippen molar-refractivity contribution in [2.45, 2.75) is 50.0 Å². The van der Waals surface area contributed by atoms with E-state index < -0.39 is 35.9 Å². The van der Waals surface area contributed by atoms with Crippen LogP contribution in [0.15, 0.2) is 24.4 Å². The summed E-state index contributed by atoms with van der Waals surface area (Å²) in [5.41, 5.74) is -0.657. The summed E-state index contributed by atoms with van der Waals surface area (Å²) in [5.74, 6) is -3.59. The van der Waals surface area contributed by atoms with Crippen LogP contribution in [0.4, 0.5) is 8.78 Å². The van der Waals surface area contributed by atoms with Gasteiger partial charge in [0.05, 0.1) is 34.0 Å². The van der Waals surface area contributed by atoms with Crippen LogP contribution in [-0.4, -0.2) is 46.2 Å². The lowest BCUT2D eigenvalue weighted by atomic mass is 9.78. The number of aliphatic hydroxyl groups is 1. The molecule has 0 radical (unpaired) electrons. The molecule has 152 valence electrons. The second-order valence-corrected chi connectivity index (χ2v) is 7.87. The van der Waals surface area contributed by atoms with E-state index in [-0.39, 0.29) is 24.8 Å². The Kier molecular flexibility index (Phi) is 5.89. The third-order valence-electron chi connectivity index (χ3n) is 5.18. The van der Waals surface area contributed by atoms with E-state index in [9.17, 15) is 18.7 Å².